The predicted octanol–water partition coefficient (Wildman–Crippen LogP) is 2.33. The molecule has 1 heterocycles. The zero-order chi connectivity index (χ0) is 14.0. The van der Waals surface area contributed by atoms with E-state index in [4.69, 9.17) is 9.84 Å². The number of halogens is 2. The largest absolute Gasteiger partial charge is 0.490 e. The van der Waals surface area contributed by atoms with E-state index in [2.05, 4.69) is 15.9 Å². The predicted molar refractivity (Wildman–Crippen MR) is 72.8 cm³/mol. The van der Waals surface area contributed by atoms with Crippen molar-refractivity contribution in [1.82, 2.24) is 0 Å². The number of amides is 1. The summed E-state index contributed by atoms with van der Waals surface area (Å²) in [6.45, 7) is 2.57. The second kappa shape index (κ2) is 5.88. The molecular weight excluding hydrogens is 317 g/mol. The zero-order valence-corrected chi connectivity index (χ0v) is 12.1. The highest BCUT2D eigenvalue weighted by atomic mass is 79.9. The van der Waals surface area contributed by atoms with E-state index in [-0.39, 0.29) is 24.9 Å². The monoisotopic (exact) mass is 331 g/mol. The lowest BCUT2D eigenvalue weighted by atomic mass is 10.1. The van der Waals surface area contributed by atoms with Crippen molar-refractivity contribution >= 4 is 27.5 Å². The molecule has 1 aliphatic rings. The van der Waals surface area contributed by atoms with Crippen LogP contribution in [0.25, 0.3) is 0 Å². The minimum atomic E-state index is -0.439. The van der Waals surface area contributed by atoms with Gasteiger partial charge in [0.15, 0.2) is 5.75 Å². The molecule has 1 aliphatic heterocycles. The van der Waals surface area contributed by atoms with Crippen LogP contribution in [0.3, 0.4) is 0 Å². The third-order valence-electron chi connectivity index (χ3n) is 3.03. The first kappa shape index (κ1) is 14.3. The van der Waals surface area contributed by atoms with Gasteiger partial charge in [-0.3, -0.25) is 4.79 Å². The van der Waals surface area contributed by atoms with Gasteiger partial charge >= 0.3 is 0 Å². The Morgan fingerprint density at radius 3 is 2.89 bits per heavy atom. The van der Waals surface area contributed by atoms with Crippen LogP contribution in [0.4, 0.5) is 10.1 Å². The van der Waals surface area contributed by atoms with Crippen LogP contribution in [-0.2, 0) is 4.79 Å². The normalized spacial score (nSPS) is 19.1. The molecule has 0 spiro atoms. The van der Waals surface area contributed by atoms with E-state index in [0.717, 1.165) is 0 Å². The molecule has 0 aliphatic carbocycles. The standard InChI is InChI=1S/C13H15BrFNO3/c1-2-19-13-10(14)4-9(15)5-11(13)16-6-8(7-17)3-12(16)18/h4-5,8,17H,2-3,6-7H2,1H3. The number of ether oxygens (including phenoxy) is 1. The number of aliphatic hydroxyl groups is 1. The number of benzene rings is 1. The van der Waals surface area contributed by atoms with Gasteiger partial charge in [0.1, 0.15) is 5.82 Å². The van der Waals surface area contributed by atoms with Crippen LogP contribution in [0.15, 0.2) is 16.6 Å². The maximum absolute atomic E-state index is 13.5. The zero-order valence-electron chi connectivity index (χ0n) is 10.5. The quantitative estimate of drug-likeness (QED) is 0.921. The molecule has 1 fully saturated rings. The number of nitrogens with zero attached hydrogens (tertiary/aromatic N) is 1. The topological polar surface area (TPSA) is 49.8 Å². The molecule has 104 valence electrons. The van der Waals surface area contributed by atoms with Gasteiger partial charge in [-0.15, -0.1) is 0 Å². The molecule has 19 heavy (non-hydrogen) atoms. The Bertz CT molecular complexity index is 495. The van der Waals surface area contributed by atoms with Crippen molar-refractivity contribution in [3.05, 3.63) is 22.4 Å². The molecule has 1 N–H and O–H groups in total. The second-order valence-corrected chi connectivity index (χ2v) is 5.28. The fourth-order valence-corrected chi connectivity index (χ4v) is 2.71. The van der Waals surface area contributed by atoms with Gasteiger partial charge in [-0.1, -0.05) is 0 Å². The first-order chi connectivity index (χ1) is 9.06. The maximum atomic E-state index is 13.5. The Labute approximate surface area is 119 Å². The lowest BCUT2D eigenvalue weighted by molar-refractivity contribution is -0.117. The summed E-state index contributed by atoms with van der Waals surface area (Å²) in [5.41, 5.74) is 0.412. The van der Waals surface area contributed by atoms with E-state index < -0.39 is 5.82 Å². The maximum Gasteiger partial charge on any atom is 0.227 e. The highest BCUT2D eigenvalue weighted by Crippen LogP contribution is 2.39. The van der Waals surface area contributed by atoms with Gasteiger partial charge in [0.2, 0.25) is 5.91 Å². The highest BCUT2D eigenvalue weighted by Gasteiger charge is 2.32. The molecule has 6 heteroatoms. The molecule has 0 bridgehead atoms. The molecule has 1 aromatic carbocycles. The van der Waals surface area contributed by atoms with Gasteiger partial charge in [0.05, 0.1) is 16.8 Å². The average molecular weight is 332 g/mol. The Kier molecular flexibility index (Phi) is 4.42. The highest BCUT2D eigenvalue weighted by molar-refractivity contribution is 9.10. The van der Waals surface area contributed by atoms with Crippen molar-refractivity contribution in [3.63, 3.8) is 0 Å². The van der Waals surface area contributed by atoms with Crippen molar-refractivity contribution in [2.45, 2.75) is 13.3 Å². The third kappa shape index (κ3) is 2.90. The summed E-state index contributed by atoms with van der Waals surface area (Å²) < 4.78 is 19.5. The lowest BCUT2D eigenvalue weighted by Crippen LogP contribution is -2.25. The minimum absolute atomic E-state index is 0.0529. The van der Waals surface area contributed by atoms with E-state index in [1.165, 1.54) is 17.0 Å². The Morgan fingerprint density at radius 2 is 2.32 bits per heavy atom. The number of hydrogen-bond donors (Lipinski definition) is 1. The van der Waals surface area contributed by atoms with Crippen LogP contribution in [0.5, 0.6) is 5.75 Å². The number of anilines is 1. The van der Waals surface area contributed by atoms with Crippen LogP contribution in [0, 0.1) is 11.7 Å². The Morgan fingerprint density at radius 1 is 1.58 bits per heavy atom. The van der Waals surface area contributed by atoms with Gasteiger partial charge in [-0.05, 0) is 28.9 Å². The van der Waals surface area contributed by atoms with E-state index in [1.54, 1.807) is 0 Å². The van der Waals surface area contributed by atoms with Gasteiger partial charge in [-0.25, -0.2) is 4.39 Å². The number of carbonyl (C=O) groups is 1. The van der Waals surface area contributed by atoms with Crippen molar-refractivity contribution in [2.75, 3.05) is 24.7 Å². The number of aliphatic hydroxyl groups excluding tert-OH is 1. The molecule has 1 atom stereocenters. The number of carbonyl (C=O) groups excluding carboxylic acids is 1. The van der Waals surface area contributed by atoms with Gasteiger partial charge in [-0.2, -0.15) is 0 Å². The van der Waals surface area contributed by atoms with Gasteiger partial charge < -0.3 is 14.7 Å². The molecule has 0 radical (unpaired) electrons. The summed E-state index contributed by atoms with van der Waals surface area (Å²) in [6.07, 6.45) is 0.274. The molecule has 4 nitrogen and oxygen atoms in total. The van der Waals surface area contributed by atoms with Crippen LogP contribution >= 0.6 is 15.9 Å². The van der Waals surface area contributed by atoms with Crippen LogP contribution in [0.2, 0.25) is 0 Å². The molecule has 1 aromatic rings. The first-order valence-corrected chi connectivity index (χ1v) is 6.89. The van der Waals surface area contributed by atoms with E-state index in [1.807, 2.05) is 6.92 Å². The van der Waals surface area contributed by atoms with Crippen LogP contribution in [0.1, 0.15) is 13.3 Å². The molecule has 1 saturated heterocycles. The van der Waals surface area contributed by atoms with E-state index in [0.29, 0.717) is 29.1 Å². The Balaban J connectivity index is 2.40. The third-order valence-corrected chi connectivity index (χ3v) is 3.62. The summed E-state index contributed by atoms with van der Waals surface area (Å²) in [4.78, 5) is 13.4. The van der Waals surface area contributed by atoms with Crippen LogP contribution < -0.4 is 9.64 Å². The average Bonchev–Trinajstić information content (AvgIpc) is 2.74. The molecule has 0 aromatic heterocycles. The summed E-state index contributed by atoms with van der Waals surface area (Å²) in [5.74, 6) is -0.220. The summed E-state index contributed by atoms with van der Waals surface area (Å²) in [6, 6.07) is 2.59. The fourth-order valence-electron chi connectivity index (χ4n) is 2.17. The number of hydrogen-bond acceptors (Lipinski definition) is 3. The van der Waals surface area contributed by atoms with Crippen molar-refractivity contribution in [2.24, 2.45) is 5.92 Å². The van der Waals surface area contributed by atoms with Crippen molar-refractivity contribution in [3.8, 4) is 5.75 Å². The lowest BCUT2D eigenvalue weighted by Gasteiger charge is -2.21. The summed E-state index contributed by atoms with van der Waals surface area (Å²) in [5, 5.41) is 9.14. The molecule has 1 unspecified atom stereocenters. The smallest absolute Gasteiger partial charge is 0.227 e. The van der Waals surface area contributed by atoms with Crippen molar-refractivity contribution < 1.29 is 19.0 Å². The first-order valence-electron chi connectivity index (χ1n) is 6.09. The molecule has 1 amide bonds. The second-order valence-electron chi connectivity index (χ2n) is 4.43. The summed E-state index contributed by atoms with van der Waals surface area (Å²) in [7, 11) is 0. The van der Waals surface area contributed by atoms with E-state index >= 15 is 0 Å². The molecule has 0 saturated carbocycles. The van der Waals surface area contributed by atoms with Gasteiger partial charge in [0, 0.05) is 31.6 Å². The van der Waals surface area contributed by atoms with Crippen molar-refractivity contribution in [1.29, 1.82) is 0 Å². The SMILES string of the molecule is CCOc1c(Br)cc(F)cc1N1CC(CO)CC1=O. The number of rotatable bonds is 4. The molecular formula is C13H15BrFNO3. The minimum Gasteiger partial charge on any atom is -0.490 e. The summed E-state index contributed by atoms with van der Waals surface area (Å²) >= 11 is 3.25. The van der Waals surface area contributed by atoms with Crippen LogP contribution in [-0.4, -0.2) is 30.8 Å². The van der Waals surface area contributed by atoms with E-state index in [9.17, 15) is 9.18 Å². The van der Waals surface area contributed by atoms with Gasteiger partial charge in [0.25, 0.3) is 0 Å². The Hall–Kier alpha value is -1.14. The fraction of sp³-hybridized carbons (Fsp3) is 0.462. The molecule has 2 rings (SSSR count).